The molecular weight excluding hydrogens is 320 g/mol. The highest BCUT2D eigenvalue weighted by Crippen LogP contribution is 2.03. The number of aliphatic hydroxyl groups is 1. The molecule has 138 valence electrons. The van der Waals surface area contributed by atoms with Crippen molar-refractivity contribution in [3.05, 3.63) is 0 Å². The standard InChI is InChI=1S/C14H26N4O6/c1-6(2)11(18-12(21)10(15)8(4)19)13(22)16-5-9(20)17-7(3)14(23)24/h6-8,10-11,19H,5,15H2,1-4H3,(H,16,22)(H,17,20)(H,18,21)(H,23,24). The van der Waals surface area contributed by atoms with Crippen LogP contribution in [0.5, 0.6) is 0 Å². The summed E-state index contributed by atoms with van der Waals surface area (Å²) in [6.45, 7) is 5.58. The van der Waals surface area contributed by atoms with Gasteiger partial charge >= 0.3 is 5.97 Å². The van der Waals surface area contributed by atoms with Crippen LogP contribution in [0.3, 0.4) is 0 Å². The number of rotatable bonds is 9. The van der Waals surface area contributed by atoms with Gasteiger partial charge in [-0.05, 0) is 19.8 Å². The minimum atomic E-state index is -1.20. The van der Waals surface area contributed by atoms with E-state index in [1.807, 2.05) is 0 Å². The molecule has 0 aliphatic heterocycles. The SMILES string of the molecule is CC(NC(=O)CNC(=O)C(NC(=O)C(N)C(C)O)C(C)C)C(=O)O. The number of carbonyl (C=O) groups excluding carboxylic acids is 3. The van der Waals surface area contributed by atoms with Crippen LogP contribution in [0.15, 0.2) is 0 Å². The maximum atomic E-state index is 12.1. The molecule has 10 nitrogen and oxygen atoms in total. The molecule has 0 spiro atoms. The number of aliphatic hydroxyl groups excluding tert-OH is 1. The maximum Gasteiger partial charge on any atom is 0.325 e. The van der Waals surface area contributed by atoms with Crippen LogP contribution in [-0.2, 0) is 19.2 Å². The van der Waals surface area contributed by atoms with E-state index in [9.17, 15) is 24.3 Å². The predicted molar refractivity (Wildman–Crippen MR) is 84.7 cm³/mol. The summed E-state index contributed by atoms with van der Waals surface area (Å²) in [7, 11) is 0. The normalized spacial score (nSPS) is 15.8. The van der Waals surface area contributed by atoms with Gasteiger partial charge in [-0.2, -0.15) is 0 Å². The molecule has 4 unspecified atom stereocenters. The van der Waals surface area contributed by atoms with E-state index in [-0.39, 0.29) is 5.92 Å². The number of carbonyl (C=O) groups is 4. The minimum Gasteiger partial charge on any atom is -0.480 e. The van der Waals surface area contributed by atoms with Crippen LogP contribution in [0.4, 0.5) is 0 Å². The molecule has 0 bridgehead atoms. The number of aliphatic carboxylic acids is 1. The number of carboxylic acid groups (broad SMARTS) is 1. The van der Waals surface area contributed by atoms with Crippen LogP contribution < -0.4 is 21.7 Å². The van der Waals surface area contributed by atoms with Crippen LogP contribution >= 0.6 is 0 Å². The van der Waals surface area contributed by atoms with Gasteiger partial charge in [0.05, 0.1) is 12.6 Å². The van der Waals surface area contributed by atoms with Gasteiger partial charge in [-0.1, -0.05) is 13.8 Å². The van der Waals surface area contributed by atoms with Crippen LogP contribution in [0.2, 0.25) is 0 Å². The number of nitrogens with one attached hydrogen (secondary N) is 3. The van der Waals surface area contributed by atoms with Gasteiger partial charge in [0, 0.05) is 0 Å². The predicted octanol–water partition coefficient (Wildman–Crippen LogP) is -2.46. The summed E-state index contributed by atoms with van der Waals surface area (Å²) in [5.74, 6) is -3.48. The molecule has 0 saturated carbocycles. The van der Waals surface area contributed by atoms with Gasteiger partial charge in [0.25, 0.3) is 0 Å². The average molecular weight is 346 g/mol. The number of carboxylic acids is 1. The third-order valence-corrected chi connectivity index (χ3v) is 3.24. The fraction of sp³-hybridized carbons (Fsp3) is 0.714. The Morgan fingerprint density at radius 3 is 1.96 bits per heavy atom. The lowest BCUT2D eigenvalue weighted by Crippen LogP contribution is -2.57. The Balaban J connectivity index is 4.63. The zero-order chi connectivity index (χ0) is 19.0. The van der Waals surface area contributed by atoms with Crippen molar-refractivity contribution in [2.75, 3.05) is 6.54 Å². The van der Waals surface area contributed by atoms with Gasteiger partial charge in [0.15, 0.2) is 0 Å². The van der Waals surface area contributed by atoms with Crippen LogP contribution in [0.1, 0.15) is 27.7 Å². The number of amides is 3. The molecule has 0 aromatic carbocycles. The van der Waals surface area contributed by atoms with Crippen molar-refractivity contribution in [2.45, 2.75) is 51.9 Å². The first-order chi connectivity index (χ1) is 11.0. The minimum absolute atomic E-state index is 0.295. The van der Waals surface area contributed by atoms with Gasteiger partial charge in [-0.15, -0.1) is 0 Å². The van der Waals surface area contributed by atoms with Crippen molar-refractivity contribution in [3.63, 3.8) is 0 Å². The zero-order valence-electron chi connectivity index (χ0n) is 14.2. The maximum absolute atomic E-state index is 12.1. The first-order valence-electron chi connectivity index (χ1n) is 7.51. The first kappa shape index (κ1) is 21.8. The molecule has 0 fully saturated rings. The van der Waals surface area contributed by atoms with E-state index in [1.165, 1.54) is 13.8 Å². The van der Waals surface area contributed by atoms with Crippen molar-refractivity contribution in [2.24, 2.45) is 11.7 Å². The summed E-state index contributed by atoms with van der Waals surface area (Å²) in [6, 6.07) is -3.22. The highest BCUT2D eigenvalue weighted by molar-refractivity contribution is 5.92. The quantitative estimate of drug-likeness (QED) is 0.269. The summed E-state index contributed by atoms with van der Waals surface area (Å²) in [6.07, 6.45) is -1.08. The Morgan fingerprint density at radius 2 is 1.54 bits per heavy atom. The van der Waals surface area contributed by atoms with E-state index >= 15 is 0 Å². The molecule has 0 aromatic heterocycles. The van der Waals surface area contributed by atoms with E-state index in [4.69, 9.17) is 10.8 Å². The average Bonchev–Trinajstić information content (AvgIpc) is 2.48. The molecular formula is C14H26N4O6. The van der Waals surface area contributed by atoms with Crippen LogP contribution in [-0.4, -0.2) is 64.7 Å². The Morgan fingerprint density at radius 1 is 1.00 bits per heavy atom. The molecule has 0 aliphatic carbocycles. The van der Waals surface area contributed by atoms with Gasteiger partial charge < -0.3 is 31.9 Å². The second-order valence-electron chi connectivity index (χ2n) is 5.84. The molecule has 0 rings (SSSR count). The molecule has 7 N–H and O–H groups in total. The second kappa shape index (κ2) is 9.83. The smallest absolute Gasteiger partial charge is 0.325 e. The third kappa shape index (κ3) is 7.38. The highest BCUT2D eigenvalue weighted by atomic mass is 16.4. The summed E-state index contributed by atoms with van der Waals surface area (Å²) in [4.78, 5) is 46.1. The van der Waals surface area contributed by atoms with Gasteiger partial charge in [-0.25, -0.2) is 0 Å². The van der Waals surface area contributed by atoms with E-state index in [0.29, 0.717) is 0 Å². The second-order valence-corrected chi connectivity index (χ2v) is 5.84. The summed E-state index contributed by atoms with van der Waals surface area (Å²) >= 11 is 0. The molecule has 0 aromatic rings. The van der Waals surface area contributed by atoms with Crippen molar-refractivity contribution < 1.29 is 29.4 Å². The van der Waals surface area contributed by atoms with Crippen molar-refractivity contribution >= 4 is 23.7 Å². The third-order valence-electron chi connectivity index (χ3n) is 3.24. The first-order valence-corrected chi connectivity index (χ1v) is 7.51. The molecule has 3 amide bonds. The van der Waals surface area contributed by atoms with Crippen molar-refractivity contribution in [1.82, 2.24) is 16.0 Å². The summed E-state index contributed by atoms with van der Waals surface area (Å²) < 4.78 is 0. The number of nitrogens with two attached hydrogens (primary N) is 1. The number of hydrogen-bond acceptors (Lipinski definition) is 6. The fourth-order valence-corrected chi connectivity index (χ4v) is 1.64. The molecule has 0 saturated heterocycles. The summed E-state index contributed by atoms with van der Waals surface area (Å²) in [5.41, 5.74) is 5.50. The fourth-order valence-electron chi connectivity index (χ4n) is 1.64. The monoisotopic (exact) mass is 346 g/mol. The molecule has 0 aliphatic rings. The van der Waals surface area contributed by atoms with Crippen LogP contribution in [0.25, 0.3) is 0 Å². The molecule has 0 radical (unpaired) electrons. The zero-order valence-corrected chi connectivity index (χ0v) is 14.2. The summed E-state index contributed by atoms with van der Waals surface area (Å²) in [5, 5.41) is 24.9. The van der Waals surface area contributed by atoms with Gasteiger partial charge in [0.1, 0.15) is 18.1 Å². The lowest BCUT2D eigenvalue weighted by Gasteiger charge is -2.24. The Bertz CT molecular complexity index is 480. The van der Waals surface area contributed by atoms with Gasteiger partial charge in [0.2, 0.25) is 17.7 Å². The Labute approximate surface area is 140 Å². The molecule has 4 atom stereocenters. The van der Waals surface area contributed by atoms with E-state index in [0.717, 1.165) is 0 Å². The lowest BCUT2D eigenvalue weighted by atomic mass is 10.0. The van der Waals surface area contributed by atoms with Crippen LogP contribution in [0, 0.1) is 5.92 Å². The largest absolute Gasteiger partial charge is 0.480 e. The van der Waals surface area contributed by atoms with E-state index in [1.54, 1.807) is 13.8 Å². The Kier molecular flexibility index (Phi) is 8.93. The van der Waals surface area contributed by atoms with Crippen molar-refractivity contribution in [3.8, 4) is 0 Å². The molecule has 10 heteroatoms. The van der Waals surface area contributed by atoms with E-state index < -0.39 is 54.5 Å². The number of hydrogen-bond donors (Lipinski definition) is 6. The van der Waals surface area contributed by atoms with Crippen molar-refractivity contribution in [1.29, 1.82) is 0 Å². The lowest BCUT2D eigenvalue weighted by molar-refractivity contribution is -0.141. The highest BCUT2D eigenvalue weighted by Gasteiger charge is 2.28. The topological polar surface area (TPSA) is 171 Å². The molecule has 24 heavy (non-hydrogen) atoms. The van der Waals surface area contributed by atoms with Gasteiger partial charge in [-0.3, -0.25) is 19.2 Å². The Hall–Kier alpha value is -2.20. The van der Waals surface area contributed by atoms with E-state index in [2.05, 4.69) is 16.0 Å². The molecule has 0 heterocycles.